The van der Waals surface area contributed by atoms with Gasteiger partial charge in [0, 0.05) is 25.2 Å². The zero-order valence-electron chi connectivity index (χ0n) is 11.4. The lowest BCUT2D eigenvalue weighted by Gasteiger charge is -2.48. The van der Waals surface area contributed by atoms with Gasteiger partial charge in [0.2, 0.25) is 0 Å². The van der Waals surface area contributed by atoms with Crippen molar-refractivity contribution in [2.24, 2.45) is 0 Å². The molecule has 1 aromatic heterocycles. The molecule has 1 aromatic rings. The standard InChI is InChI=1S/C15H20N4/c1-12-10-18-7-3-2-4-15(18)11-19(12)14-6-5-13(8-16)17-9-14/h5-6,9,12,15H,2-4,7,10-11H2,1H3. The Morgan fingerprint density at radius 3 is 2.95 bits per heavy atom. The first-order chi connectivity index (χ1) is 9.28. The van der Waals surface area contributed by atoms with Crippen molar-refractivity contribution in [2.75, 3.05) is 24.5 Å². The number of rotatable bonds is 1. The maximum absolute atomic E-state index is 8.81. The van der Waals surface area contributed by atoms with Gasteiger partial charge >= 0.3 is 0 Å². The van der Waals surface area contributed by atoms with Crippen molar-refractivity contribution in [3.05, 3.63) is 24.0 Å². The second kappa shape index (κ2) is 5.18. The number of fused-ring (bicyclic) bond motifs is 1. The third-order valence-corrected chi connectivity index (χ3v) is 4.38. The van der Waals surface area contributed by atoms with Crippen molar-refractivity contribution in [2.45, 2.75) is 38.3 Å². The van der Waals surface area contributed by atoms with E-state index in [-0.39, 0.29) is 0 Å². The van der Waals surface area contributed by atoms with Gasteiger partial charge < -0.3 is 4.90 Å². The molecule has 0 radical (unpaired) electrons. The van der Waals surface area contributed by atoms with Gasteiger partial charge in [-0.3, -0.25) is 4.90 Å². The summed E-state index contributed by atoms with van der Waals surface area (Å²) in [5.41, 5.74) is 1.64. The fourth-order valence-corrected chi connectivity index (χ4v) is 3.33. The first-order valence-corrected chi connectivity index (χ1v) is 7.15. The minimum Gasteiger partial charge on any atom is -0.365 e. The molecule has 2 unspecified atom stereocenters. The Hall–Kier alpha value is -1.60. The second-order valence-electron chi connectivity index (χ2n) is 5.66. The van der Waals surface area contributed by atoms with E-state index in [0.29, 0.717) is 17.8 Å². The molecule has 0 aromatic carbocycles. The Kier molecular flexibility index (Phi) is 3.39. The SMILES string of the molecule is CC1CN2CCCCC2CN1c1ccc(C#N)nc1. The lowest BCUT2D eigenvalue weighted by molar-refractivity contribution is 0.115. The molecule has 2 atom stereocenters. The Morgan fingerprint density at radius 2 is 2.21 bits per heavy atom. The maximum atomic E-state index is 8.81. The van der Waals surface area contributed by atoms with Gasteiger partial charge in [-0.1, -0.05) is 6.42 Å². The van der Waals surface area contributed by atoms with Crippen molar-refractivity contribution in [1.82, 2.24) is 9.88 Å². The van der Waals surface area contributed by atoms with Gasteiger partial charge in [-0.25, -0.2) is 4.98 Å². The van der Waals surface area contributed by atoms with Gasteiger partial charge in [0.25, 0.3) is 0 Å². The Bertz CT molecular complexity index is 476. The molecule has 2 fully saturated rings. The summed E-state index contributed by atoms with van der Waals surface area (Å²) >= 11 is 0. The van der Waals surface area contributed by atoms with Gasteiger partial charge in [0.1, 0.15) is 11.8 Å². The maximum Gasteiger partial charge on any atom is 0.140 e. The number of hydrogen-bond donors (Lipinski definition) is 0. The van der Waals surface area contributed by atoms with Gasteiger partial charge in [-0.2, -0.15) is 5.26 Å². The van der Waals surface area contributed by atoms with E-state index in [4.69, 9.17) is 5.26 Å². The van der Waals surface area contributed by atoms with Crippen molar-refractivity contribution < 1.29 is 0 Å². The highest BCUT2D eigenvalue weighted by Gasteiger charge is 2.32. The quantitative estimate of drug-likeness (QED) is 0.771. The topological polar surface area (TPSA) is 43.2 Å². The molecule has 2 aliphatic rings. The molecule has 2 aliphatic heterocycles. The van der Waals surface area contributed by atoms with E-state index in [1.807, 2.05) is 18.3 Å². The molecular formula is C15H20N4. The number of anilines is 1. The summed E-state index contributed by atoms with van der Waals surface area (Å²) in [6, 6.07) is 7.13. The molecule has 0 bridgehead atoms. The second-order valence-corrected chi connectivity index (χ2v) is 5.66. The number of nitrogens with zero attached hydrogens (tertiary/aromatic N) is 4. The zero-order chi connectivity index (χ0) is 13.2. The number of aromatic nitrogens is 1. The van der Waals surface area contributed by atoms with E-state index in [1.165, 1.54) is 25.8 Å². The van der Waals surface area contributed by atoms with Crippen molar-refractivity contribution >= 4 is 5.69 Å². The summed E-state index contributed by atoms with van der Waals surface area (Å²) in [6.07, 6.45) is 5.86. The van der Waals surface area contributed by atoms with E-state index in [9.17, 15) is 0 Å². The van der Waals surface area contributed by atoms with Crippen LogP contribution in [-0.4, -0.2) is 41.6 Å². The van der Waals surface area contributed by atoms with Crippen LogP contribution in [0.4, 0.5) is 5.69 Å². The molecule has 0 saturated carbocycles. The monoisotopic (exact) mass is 256 g/mol. The van der Waals surface area contributed by atoms with Crippen LogP contribution in [-0.2, 0) is 0 Å². The average molecular weight is 256 g/mol. The highest BCUT2D eigenvalue weighted by atomic mass is 15.3. The van der Waals surface area contributed by atoms with Gasteiger partial charge in [0.05, 0.1) is 11.9 Å². The van der Waals surface area contributed by atoms with E-state index >= 15 is 0 Å². The molecule has 3 heterocycles. The third kappa shape index (κ3) is 2.43. The molecule has 4 heteroatoms. The zero-order valence-corrected chi connectivity index (χ0v) is 11.4. The number of piperazine rings is 1. The van der Waals surface area contributed by atoms with E-state index < -0.39 is 0 Å². The van der Waals surface area contributed by atoms with Crippen LogP contribution in [0.25, 0.3) is 0 Å². The van der Waals surface area contributed by atoms with E-state index in [2.05, 4.69) is 27.8 Å². The highest BCUT2D eigenvalue weighted by Crippen LogP contribution is 2.27. The van der Waals surface area contributed by atoms with E-state index in [0.717, 1.165) is 18.8 Å². The van der Waals surface area contributed by atoms with Crippen LogP contribution < -0.4 is 4.90 Å². The molecule has 3 rings (SSSR count). The summed E-state index contributed by atoms with van der Waals surface area (Å²) in [7, 11) is 0. The van der Waals surface area contributed by atoms with Crippen molar-refractivity contribution in [1.29, 1.82) is 5.26 Å². The predicted molar refractivity (Wildman–Crippen MR) is 75.0 cm³/mol. The smallest absolute Gasteiger partial charge is 0.140 e. The molecular weight excluding hydrogens is 236 g/mol. The van der Waals surface area contributed by atoms with Crippen molar-refractivity contribution in [3.63, 3.8) is 0 Å². The van der Waals surface area contributed by atoms with Crippen LogP contribution in [0.1, 0.15) is 31.9 Å². The van der Waals surface area contributed by atoms with Crippen molar-refractivity contribution in [3.8, 4) is 6.07 Å². The number of piperidine rings is 1. The predicted octanol–water partition coefficient (Wildman–Crippen LogP) is 2.02. The third-order valence-electron chi connectivity index (χ3n) is 4.38. The van der Waals surface area contributed by atoms with Crippen LogP contribution in [0.3, 0.4) is 0 Å². The minimum absolute atomic E-state index is 0.493. The largest absolute Gasteiger partial charge is 0.365 e. The van der Waals surface area contributed by atoms with Crippen LogP contribution in [0, 0.1) is 11.3 Å². The molecule has 0 spiro atoms. The van der Waals surface area contributed by atoms with Crippen LogP contribution in [0.5, 0.6) is 0 Å². The number of hydrogen-bond acceptors (Lipinski definition) is 4. The molecule has 0 N–H and O–H groups in total. The molecule has 4 nitrogen and oxygen atoms in total. The lowest BCUT2D eigenvalue weighted by Crippen LogP contribution is -2.58. The normalized spacial score (nSPS) is 27.7. The molecule has 2 saturated heterocycles. The summed E-state index contributed by atoms with van der Waals surface area (Å²) < 4.78 is 0. The van der Waals surface area contributed by atoms with Crippen LogP contribution in [0.2, 0.25) is 0 Å². The average Bonchev–Trinajstić information content (AvgIpc) is 2.47. The summed E-state index contributed by atoms with van der Waals surface area (Å²) in [4.78, 5) is 9.28. The first kappa shape index (κ1) is 12.4. The van der Waals surface area contributed by atoms with Gasteiger partial charge in [-0.05, 0) is 38.4 Å². The Labute approximate surface area is 114 Å². The molecule has 0 amide bonds. The number of pyridine rings is 1. The Balaban J connectivity index is 1.78. The Morgan fingerprint density at radius 1 is 1.32 bits per heavy atom. The van der Waals surface area contributed by atoms with Crippen LogP contribution >= 0.6 is 0 Å². The lowest BCUT2D eigenvalue weighted by atomic mass is 9.97. The number of nitriles is 1. The summed E-state index contributed by atoms with van der Waals surface area (Å²) in [6.45, 7) is 5.77. The first-order valence-electron chi connectivity index (χ1n) is 7.15. The van der Waals surface area contributed by atoms with E-state index in [1.54, 1.807) is 0 Å². The molecule has 100 valence electrons. The fourth-order valence-electron chi connectivity index (χ4n) is 3.33. The summed E-state index contributed by atoms with van der Waals surface area (Å²) in [5.74, 6) is 0. The van der Waals surface area contributed by atoms with Gasteiger partial charge in [0.15, 0.2) is 0 Å². The van der Waals surface area contributed by atoms with Crippen LogP contribution in [0.15, 0.2) is 18.3 Å². The minimum atomic E-state index is 0.493. The van der Waals surface area contributed by atoms with Gasteiger partial charge in [-0.15, -0.1) is 0 Å². The highest BCUT2D eigenvalue weighted by molar-refractivity contribution is 5.47. The molecule has 19 heavy (non-hydrogen) atoms. The fraction of sp³-hybridized carbons (Fsp3) is 0.600. The summed E-state index contributed by atoms with van der Waals surface area (Å²) in [5, 5.41) is 8.81. The molecule has 0 aliphatic carbocycles.